The summed E-state index contributed by atoms with van der Waals surface area (Å²) in [5, 5.41) is 3.88. The first-order chi connectivity index (χ1) is 9.05. The summed E-state index contributed by atoms with van der Waals surface area (Å²) in [6.07, 6.45) is 2.12. The van der Waals surface area contributed by atoms with Crippen molar-refractivity contribution >= 4 is 21.8 Å². The molecule has 0 amide bonds. The third-order valence-electron chi connectivity index (χ3n) is 3.06. The van der Waals surface area contributed by atoms with Crippen molar-refractivity contribution in [2.45, 2.75) is 25.4 Å². The molecule has 1 aliphatic rings. The van der Waals surface area contributed by atoms with E-state index in [2.05, 4.69) is 14.8 Å². The Kier molecular flexibility index (Phi) is 5.18. The second-order valence-electron chi connectivity index (χ2n) is 4.59. The third-order valence-corrected chi connectivity index (χ3v) is 4.38. The lowest BCUT2D eigenvalue weighted by Gasteiger charge is -2.12. The van der Waals surface area contributed by atoms with Gasteiger partial charge in [-0.2, -0.15) is 13.1 Å². The molecule has 1 atom stereocenters. The summed E-state index contributed by atoms with van der Waals surface area (Å²) in [7, 11) is -3.45. The third kappa shape index (κ3) is 5.08. The summed E-state index contributed by atoms with van der Waals surface area (Å²) in [5.41, 5.74) is 0.869. The van der Waals surface area contributed by atoms with Crippen molar-refractivity contribution in [2.24, 2.45) is 0 Å². The molecule has 106 valence electrons. The maximum Gasteiger partial charge on any atom is 0.277 e. The first kappa shape index (κ1) is 14.7. The van der Waals surface area contributed by atoms with Gasteiger partial charge in [-0.1, -0.05) is 23.7 Å². The van der Waals surface area contributed by atoms with Gasteiger partial charge in [-0.3, -0.25) is 0 Å². The molecule has 0 radical (unpaired) electrons. The fraction of sp³-hybridized carbons (Fsp3) is 0.500. The van der Waals surface area contributed by atoms with Crippen molar-refractivity contribution < 1.29 is 8.42 Å². The molecular weight excluding hydrogens is 286 g/mol. The van der Waals surface area contributed by atoms with Crippen molar-refractivity contribution in [3.8, 4) is 0 Å². The summed E-state index contributed by atoms with van der Waals surface area (Å²) in [6, 6.07) is 7.31. The Morgan fingerprint density at radius 2 is 2.00 bits per heavy atom. The highest BCUT2D eigenvalue weighted by molar-refractivity contribution is 7.87. The second-order valence-corrected chi connectivity index (χ2v) is 6.61. The zero-order valence-corrected chi connectivity index (χ0v) is 12.1. The minimum atomic E-state index is -3.45. The molecule has 3 N–H and O–H groups in total. The minimum Gasteiger partial charge on any atom is -0.313 e. The van der Waals surface area contributed by atoms with E-state index >= 15 is 0 Å². The molecule has 2 rings (SSSR count). The summed E-state index contributed by atoms with van der Waals surface area (Å²) < 4.78 is 28.6. The fourth-order valence-electron chi connectivity index (χ4n) is 1.97. The highest BCUT2D eigenvalue weighted by atomic mass is 35.5. The van der Waals surface area contributed by atoms with Crippen LogP contribution in [-0.2, 0) is 16.8 Å². The van der Waals surface area contributed by atoms with E-state index in [0.29, 0.717) is 11.6 Å². The lowest BCUT2D eigenvalue weighted by atomic mass is 10.2. The monoisotopic (exact) mass is 303 g/mol. The fourth-order valence-corrected chi connectivity index (χ4v) is 2.98. The van der Waals surface area contributed by atoms with Gasteiger partial charge in [-0.05, 0) is 37.1 Å². The average molecular weight is 304 g/mol. The van der Waals surface area contributed by atoms with Gasteiger partial charge in [-0.25, -0.2) is 4.72 Å². The number of nitrogens with one attached hydrogen (secondary N) is 3. The quantitative estimate of drug-likeness (QED) is 0.735. The van der Waals surface area contributed by atoms with Crippen LogP contribution in [0, 0.1) is 0 Å². The molecule has 19 heavy (non-hydrogen) atoms. The molecule has 1 aromatic rings. The van der Waals surface area contributed by atoms with E-state index in [0.717, 1.165) is 24.9 Å². The predicted octanol–water partition coefficient (Wildman–Crippen LogP) is 1.02. The summed E-state index contributed by atoms with van der Waals surface area (Å²) in [6.45, 7) is 1.64. The first-order valence-corrected chi connectivity index (χ1v) is 8.13. The lowest BCUT2D eigenvalue weighted by molar-refractivity contribution is 0.541. The Morgan fingerprint density at radius 1 is 1.26 bits per heavy atom. The Bertz CT molecular complexity index is 498. The number of halogens is 1. The van der Waals surface area contributed by atoms with Gasteiger partial charge in [-0.15, -0.1) is 0 Å². The average Bonchev–Trinajstić information content (AvgIpc) is 2.89. The first-order valence-electron chi connectivity index (χ1n) is 6.27. The normalized spacial score (nSPS) is 19.7. The molecule has 0 saturated carbocycles. The van der Waals surface area contributed by atoms with E-state index in [1.54, 1.807) is 24.3 Å². The predicted molar refractivity (Wildman–Crippen MR) is 76.2 cm³/mol. The maximum atomic E-state index is 11.8. The van der Waals surface area contributed by atoms with Crippen LogP contribution in [0.3, 0.4) is 0 Å². The van der Waals surface area contributed by atoms with Crippen molar-refractivity contribution in [1.82, 2.24) is 14.8 Å². The van der Waals surface area contributed by atoms with E-state index in [1.807, 2.05) is 0 Å². The molecule has 0 spiro atoms. The van der Waals surface area contributed by atoms with Crippen LogP contribution in [0.1, 0.15) is 18.4 Å². The van der Waals surface area contributed by atoms with Gasteiger partial charge in [0.25, 0.3) is 10.2 Å². The van der Waals surface area contributed by atoms with Crippen LogP contribution < -0.4 is 14.8 Å². The van der Waals surface area contributed by atoms with Crippen LogP contribution in [0.5, 0.6) is 0 Å². The molecule has 1 aromatic carbocycles. The lowest BCUT2D eigenvalue weighted by Crippen LogP contribution is -2.42. The van der Waals surface area contributed by atoms with Crippen molar-refractivity contribution in [3.63, 3.8) is 0 Å². The summed E-state index contributed by atoms with van der Waals surface area (Å²) >= 11 is 5.77. The van der Waals surface area contributed by atoms with Gasteiger partial charge in [0.15, 0.2) is 0 Å². The summed E-state index contributed by atoms with van der Waals surface area (Å²) in [4.78, 5) is 0. The molecule has 7 heteroatoms. The SMILES string of the molecule is O=S(=O)(NCc1ccc(Cl)cc1)NC[C@@H]1CCCN1. The highest BCUT2D eigenvalue weighted by Gasteiger charge is 2.17. The van der Waals surface area contributed by atoms with E-state index in [4.69, 9.17) is 11.6 Å². The second kappa shape index (κ2) is 6.67. The molecule has 1 heterocycles. The smallest absolute Gasteiger partial charge is 0.277 e. The van der Waals surface area contributed by atoms with Crippen molar-refractivity contribution in [1.29, 1.82) is 0 Å². The number of rotatable bonds is 6. The Morgan fingerprint density at radius 3 is 2.63 bits per heavy atom. The van der Waals surface area contributed by atoms with E-state index < -0.39 is 10.2 Å². The standard InChI is InChI=1S/C12H18ClN3O2S/c13-11-5-3-10(4-6-11)8-15-19(17,18)16-9-12-2-1-7-14-12/h3-6,12,14-16H,1-2,7-9H2/t12-/m0/s1. The molecular formula is C12H18ClN3O2S. The molecule has 1 saturated heterocycles. The van der Waals surface area contributed by atoms with Crippen LogP contribution in [0.2, 0.25) is 5.02 Å². The van der Waals surface area contributed by atoms with Crippen LogP contribution >= 0.6 is 11.6 Å². The van der Waals surface area contributed by atoms with Crippen LogP contribution in [0.4, 0.5) is 0 Å². The van der Waals surface area contributed by atoms with Gasteiger partial charge < -0.3 is 5.32 Å². The Labute approximate surface area is 118 Å². The van der Waals surface area contributed by atoms with E-state index in [-0.39, 0.29) is 12.6 Å². The van der Waals surface area contributed by atoms with Crippen molar-refractivity contribution in [2.75, 3.05) is 13.1 Å². The molecule has 0 unspecified atom stereocenters. The van der Waals surface area contributed by atoms with Crippen LogP contribution in [0.25, 0.3) is 0 Å². The van der Waals surface area contributed by atoms with Gasteiger partial charge in [0.2, 0.25) is 0 Å². The topological polar surface area (TPSA) is 70.2 Å². The minimum absolute atomic E-state index is 0.243. The van der Waals surface area contributed by atoms with Gasteiger partial charge in [0.1, 0.15) is 0 Å². The van der Waals surface area contributed by atoms with Crippen LogP contribution in [0.15, 0.2) is 24.3 Å². The number of benzene rings is 1. The molecule has 0 aromatic heterocycles. The maximum absolute atomic E-state index is 11.8. The van der Waals surface area contributed by atoms with Crippen molar-refractivity contribution in [3.05, 3.63) is 34.9 Å². The molecule has 1 aliphatic heterocycles. The van der Waals surface area contributed by atoms with Gasteiger partial charge >= 0.3 is 0 Å². The Hall–Kier alpha value is -0.660. The summed E-state index contributed by atoms with van der Waals surface area (Å²) in [5.74, 6) is 0. The highest BCUT2D eigenvalue weighted by Crippen LogP contribution is 2.09. The molecule has 0 aliphatic carbocycles. The van der Waals surface area contributed by atoms with E-state index in [9.17, 15) is 8.42 Å². The zero-order chi connectivity index (χ0) is 13.7. The number of hydrogen-bond acceptors (Lipinski definition) is 3. The van der Waals surface area contributed by atoms with E-state index in [1.165, 1.54) is 0 Å². The largest absolute Gasteiger partial charge is 0.313 e. The molecule has 5 nitrogen and oxygen atoms in total. The number of hydrogen-bond donors (Lipinski definition) is 3. The van der Waals surface area contributed by atoms with Gasteiger partial charge in [0, 0.05) is 24.2 Å². The van der Waals surface area contributed by atoms with Crippen LogP contribution in [-0.4, -0.2) is 27.5 Å². The van der Waals surface area contributed by atoms with Gasteiger partial charge in [0.05, 0.1) is 0 Å². The molecule has 0 bridgehead atoms. The molecule has 1 fully saturated rings. The zero-order valence-electron chi connectivity index (χ0n) is 10.5. The Balaban J connectivity index is 1.78.